The van der Waals surface area contributed by atoms with Crippen molar-refractivity contribution in [2.75, 3.05) is 14.2 Å². The highest BCUT2D eigenvalue weighted by atomic mass is 35.5. The van der Waals surface area contributed by atoms with E-state index in [4.69, 9.17) is 13.9 Å². The van der Waals surface area contributed by atoms with Gasteiger partial charge in [0.15, 0.2) is 36.1 Å². The molecule has 0 bridgehead atoms. The number of fused-ring (bicyclic) bond motifs is 1. The van der Waals surface area contributed by atoms with Crippen LogP contribution in [0.5, 0.6) is 11.5 Å². The number of carbonyl (C=O) groups excluding carboxylic acids is 1. The molecule has 0 N–H and O–H groups in total. The highest BCUT2D eigenvalue weighted by Gasteiger charge is 2.13. The molecule has 0 aliphatic heterocycles. The summed E-state index contributed by atoms with van der Waals surface area (Å²) in [6.07, 6.45) is 6.92. The van der Waals surface area contributed by atoms with Crippen LogP contribution in [0.3, 0.4) is 0 Å². The molecule has 4 rings (SSSR count). The number of ether oxygens (including phenoxy) is 2. The van der Waals surface area contributed by atoms with Crippen LogP contribution in [-0.2, 0) is 6.54 Å². The molecule has 2 heterocycles. The number of para-hydroxylation sites is 1. The third-order valence-electron chi connectivity index (χ3n) is 5.08. The molecule has 0 aliphatic carbocycles. The Hall–Kier alpha value is -3.90. The van der Waals surface area contributed by atoms with Crippen LogP contribution in [0.25, 0.3) is 17.0 Å². The van der Waals surface area contributed by atoms with Gasteiger partial charge < -0.3 is 26.3 Å². The predicted molar refractivity (Wildman–Crippen MR) is 121 cm³/mol. The molecule has 0 spiro atoms. The fraction of sp³-hybridized carbons (Fsp3) is 0.115. The van der Waals surface area contributed by atoms with E-state index in [2.05, 4.69) is 0 Å². The summed E-state index contributed by atoms with van der Waals surface area (Å²) in [6, 6.07) is 18.5. The quantitative estimate of drug-likeness (QED) is 0.177. The molecule has 168 valence electrons. The van der Waals surface area contributed by atoms with Crippen molar-refractivity contribution in [3.05, 3.63) is 106 Å². The van der Waals surface area contributed by atoms with Gasteiger partial charge in [-0.1, -0.05) is 18.2 Å². The van der Waals surface area contributed by atoms with Crippen LogP contribution < -0.4 is 32.1 Å². The van der Waals surface area contributed by atoms with Crippen LogP contribution in [-0.4, -0.2) is 20.0 Å². The summed E-state index contributed by atoms with van der Waals surface area (Å²) in [5.41, 5.74) is 1.60. The van der Waals surface area contributed by atoms with Crippen LogP contribution in [0.15, 0.2) is 88.3 Å². The maximum absolute atomic E-state index is 12.6. The minimum absolute atomic E-state index is 0. The maximum Gasteiger partial charge on any atom is 0.347 e. The van der Waals surface area contributed by atoms with Gasteiger partial charge in [-0.15, -0.1) is 0 Å². The molecule has 6 nitrogen and oxygen atoms in total. The maximum atomic E-state index is 12.6. The molecule has 4 aromatic rings. The Balaban J connectivity index is 0.00000306. The Morgan fingerprint density at radius 1 is 1.00 bits per heavy atom. The molecular formula is C26H22ClNO5. The molecule has 33 heavy (non-hydrogen) atoms. The van der Waals surface area contributed by atoms with E-state index in [9.17, 15) is 9.59 Å². The van der Waals surface area contributed by atoms with E-state index in [1.54, 1.807) is 31.4 Å². The molecule has 0 amide bonds. The highest BCUT2D eigenvalue weighted by molar-refractivity contribution is 6.08. The van der Waals surface area contributed by atoms with Gasteiger partial charge in [0.05, 0.1) is 14.2 Å². The summed E-state index contributed by atoms with van der Waals surface area (Å²) in [5, 5.41) is 0.625. The molecule has 0 radical (unpaired) electrons. The Morgan fingerprint density at radius 3 is 2.39 bits per heavy atom. The van der Waals surface area contributed by atoms with Gasteiger partial charge in [0.25, 0.3) is 0 Å². The topological polar surface area (TPSA) is 69.6 Å². The Labute approximate surface area is 197 Å². The largest absolute Gasteiger partial charge is 1.00 e. The zero-order chi connectivity index (χ0) is 22.5. The first-order valence-corrected chi connectivity index (χ1v) is 10.0. The van der Waals surface area contributed by atoms with Gasteiger partial charge in [-0.3, -0.25) is 4.79 Å². The minimum Gasteiger partial charge on any atom is -1.00 e. The van der Waals surface area contributed by atoms with Crippen molar-refractivity contribution in [2.45, 2.75) is 6.54 Å². The molecule has 0 aliphatic rings. The van der Waals surface area contributed by atoms with Crippen molar-refractivity contribution in [1.82, 2.24) is 0 Å². The number of halogens is 1. The van der Waals surface area contributed by atoms with E-state index in [1.165, 1.54) is 19.3 Å². The van der Waals surface area contributed by atoms with Gasteiger partial charge in [-0.2, -0.15) is 0 Å². The average Bonchev–Trinajstić information content (AvgIpc) is 2.83. The first-order valence-electron chi connectivity index (χ1n) is 10.0. The number of pyridine rings is 1. The lowest BCUT2D eigenvalue weighted by atomic mass is 10.1. The van der Waals surface area contributed by atoms with Gasteiger partial charge in [0.2, 0.25) is 0 Å². The second-order valence-electron chi connectivity index (χ2n) is 7.18. The summed E-state index contributed by atoms with van der Waals surface area (Å²) in [7, 11) is 3.14. The van der Waals surface area contributed by atoms with E-state index < -0.39 is 11.4 Å². The molecule has 2 aromatic carbocycles. The molecule has 0 saturated carbocycles. The van der Waals surface area contributed by atoms with Crippen LogP contribution in [0.2, 0.25) is 0 Å². The van der Waals surface area contributed by atoms with E-state index in [1.807, 2.05) is 53.4 Å². The SMILES string of the molecule is COc1ccc(C[n+]2ccc(/C=C/C(=O)c3cc4cccc(OC)c4oc3=O)cc2)cc1.[Cl-]. The smallest absolute Gasteiger partial charge is 0.347 e. The van der Waals surface area contributed by atoms with Gasteiger partial charge in [-0.25, -0.2) is 9.36 Å². The Bertz CT molecular complexity index is 1340. The molecule has 0 atom stereocenters. The van der Waals surface area contributed by atoms with Crippen molar-refractivity contribution >= 4 is 22.8 Å². The lowest BCUT2D eigenvalue weighted by Gasteiger charge is -2.04. The van der Waals surface area contributed by atoms with E-state index in [0.29, 0.717) is 23.3 Å². The third kappa shape index (κ3) is 5.48. The second-order valence-corrected chi connectivity index (χ2v) is 7.18. The number of hydrogen-bond donors (Lipinski definition) is 0. The second kappa shape index (κ2) is 10.6. The first-order chi connectivity index (χ1) is 15.6. The summed E-state index contributed by atoms with van der Waals surface area (Å²) >= 11 is 0. The highest BCUT2D eigenvalue weighted by Crippen LogP contribution is 2.24. The van der Waals surface area contributed by atoms with Gasteiger partial charge in [0.1, 0.15) is 11.3 Å². The summed E-state index contributed by atoms with van der Waals surface area (Å²) in [5.74, 6) is 0.850. The number of carbonyl (C=O) groups is 1. The number of hydrogen-bond acceptors (Lipinski definition) is 5. The van der Waals surface area contributed by atoms with E-state index in [0.717, 1.165) is 16.9 Å². The number of rotatable bonds is 7. The van der Waals surface area contributed by atoms with Crippen LogP contribution in [0, 0.1) is 0 Å². The number of nitrogens with zero attached hydrogens (tertiary/aromatic N) is 1. The summed E-state index contributed by atoms with van der Waals surface area (Å²) in [6.45, 7) is 0.717. The zero-order valence-corrected chi connectivity index (χ0v) is 18.9. The molecule has 2 aromatic heterocycles. The van der Waals surface area contributed by atoms with Crippen molar-refractivity contribution in [2.24, 2.45) is 0 Å². The number of methoxy groups -OCH3 is 2. The zero-order valence-electron chi connectivity index (χ0n) is 18.2. The number of benzene rings is 2. The number of ketones is 1. The monoisotopic (exact) mass is 463 g/mol. The standard InChI is InChI=1S/C26H22NO5.ClH/c1-30-21-9-6-19(7-10-21)17-27-14-12-18(13-15-27)8-11-23(28)22-16-20-4-3-5-24(31-2)25(20)32-26(22)29;/h3-16H,17H2,1-2H3;1H/q+1;/p-1/b11-8+;. The fourth-order valence-corrected chi connectivity index (χ4v) is 3.34. The predicted octanol–water partition coefficient (Wildman–Crippen LogP) is 1.05. The van der Waals surface area contributed by atoms with Gasteiger partial charge in [-0.05, 0) is 48.0 Å². The average molecular weight is 464 g/mol. The number of aromatic nitrogens is 1. The first kappa shape index (κ1) is 23.8. The summed E-state index contributed by atoms with van der Waals surface area (Å²) in [4.78, 5) is 24.9. The fourth-order valence-electron chi connectivity index (χ4n) is 3.34. The van der Waals surface area contributed by atoms with E-state index in [-0.39, 0.29) is 18.0 Å². The Morgan fingerprint density at radius 2 is 1.73 bits per heavy atom. The van der Waals surface area contributed by atoms with Crippen LogP contribution >= 0.6 is 0 Å². The molecule has 0 fully saturated rings. The van der Waals surface area contributed by atoms with Crippen molar-refractivity contribution in [3.8, 4) is 11.5 Å². The molecule has 0 saturated heterocycles. The lowest BCUT2D eigenvalue weighted by Crippen LogP contribution is -3.00. The Kier molecular flexibility index (Phi) is 7.64. The third-order valence-corrected chi connectivity index (χ3v) is 5.08. The van der Waals surface area contributed by atoms with Crippen LogP contribution in [0.1, 0.15) is 21.5 Å². The van der Waals surface area contributed by atoms with E-state index >= 15 is 0 Å². The van der Waals surface area contributed by atoms with Crippen molar-refractivity contribution in [1.29, 1.82) is 0 Å². The normalized spacial score (nSPS) is 10.7. The minimum atomic E-state index is -0.693. The van der Waals surface area contributed by atoms with Crippen molar-refractivity contribution in [3.63, 3.8) is 0 Å². The molecule has 0 unspecified atom stereocenters. The lowest BCUT2D eigenvalue weighted by molar-refractivity contribution is -0.688. The van der Waals surface area contributed by atoms with Crippen molar-refractivity contribution < 1.29 is 35.7 Å². The number of allylic oxidation sites excluding steroid dienone is 1. The molecular weight excluding hydrogens is 442 g/mol. The summed E-state index contributed by atoms with van der Waals surface area (Å²) < 4.78 is 17.7. The van der Waals surface area contributed by atoms with Gasteiger partial charge >= 0.3 is 5.63 Å². The molecule has 7 heteroatoms. The van der Waals surface area contributed by atoms with Gasteiger partial charge in [0, 0.05) is 23.1 Å². The van der Waals surface area contributed by atoms with Crippen LogP contribution in [0.4, 0.5) is 0 Å².